The van der Waals surface area contributed by atoms with E-state index in [4.69, 9.17) is 4.74 Å². The van der Waals surface area contributed by atoms with Gasteiger partial charge in [0.25, 0.3) is 0 Å². The molecule has 6 heteroatoms. The van der Waals surface area contributed by atoms with Crippen molar-refractivity contribution in [3.8, 4) is 5.75 Å². The Bertz CT molecular complexity index is 1060. The Labute approximate surface area is 183 Å². The van der Waals surface area contributed by atoms with Crippen molar-refractivity contribution in [2.75, 3.05) is 13.1 Å². The lowest BCUT2D eigenvalue weighted by Gasteiger charge is -2.32. The Hall–Kier alpha value is -2.47. The molecule has 5 nitrogen and oxygen atoms in total. The highest BCUT2D eigenvalue weighted by Gasteiger charge is 2.88. The van der Waals surface area contributed by atoms with Gasteiger partial charge in [-0.05, 0) is 44.4 Å². The molecule has 2 aromatic rings. The molecule has 0 N–H and O–H groups in total. The number of carbonyl (C=O) groups is 3. The minimum atomic E-state index is -1.51. The number of piperidine rings is 1. The Kier molecular flexibility index (Phi) is 4.40. The molecule has 30 heavy (non-hydrogen) atoms. The van der Waals surface area contributed by atoms with Gasteiger partial charge in [-0.1, -0.05) is 46.3 Å². The molecule has 1 saturated carbocycles. The maximum atomic E-state index is 13.8. The molecule has 0 spiro atoms. The largest absolute Gasteiger partial charge is 0.425 e. The molecule has 5 rings (SSSR count). The molecule has 0 bridgehead atoms. The van der Waals surface area contributed by atoms with E-state index in [1.54, 1.807) is 48.2 Å². The van der Waals surface area contributed by atoms with Gasteiger partial charge in [-0.2, -0.15) is 0 Å². The van der Waals surface area contributed by atoms with E-state index in [9.17, 15) is 14.4 Å². The van der Waals surface area contributed by atoms with Crippen LogP contribution in [0.4, 0.5) is 0 Å². The standard InChI is InChI=1S/C24H22BrNO4/c1-23(20(27)15-8-4-2-5-9-15)19-17-14-16(25)10-11-18(17)30-22(29)24(19,23)21(28)26-12-6-3-7-13-26/h2,4-5,8-11,14,19H,3,6-7,12-13H2,1H3/t19-,23-,24+/m1/s1. The van der Waals surface area contributed by atoms with Crippen molar-refractivity contribution in [3.63, 3.8) is 0 Å². The minimum Gasteiger partial charge on any atom is -0.425 e. The molecular formula is C24H22BrNO4. The van der Waals surface area contributed by atoms with E-state index < -0.39 is 22.7 Å². The predicted octanol–water partition coefficient (Wildman–Crippen LogP) is 4.35. The van der Waals surface area contributed by atoms with Crippen molar-refractivity contribution in [1.29, 1.82) is 0 Å². The molecule has 2 aromatic carbocycles. The van der Waals surface area contributed by atoms with Crippen molar-refractivity contribution < 1.29 is 19.1 Å². The van der Waals surface area contributed by atoms with E-state index in [0.717, 1.165) is 29.3 Å². The Morgan fingerprint density at radius 3 is 2.47 bits per heavy atom. The molecule has 3 atom stereocenters. The zero-order chi connectivity index (χ0) is 21.1. The fourth-order valence-electron chi connectivity index (χ4n) is 5.49. The van der Waals surface area contributed by atoms with Crippen LogP contribution >= 0.6 is 15.9 Å². The summed E-state index contributed by atoms with van der Waals surface area (Å²) < 4.78 is 6.50. The number of rotatable bonds is 3. The zero-order valence-corrected chi connectivity index (χ0v) is 18.3. The molecule has 154 valence electrons. The van der Waals surface area contributed by atoms with E-state index in [2.05, 4.69) is 15.9 Å². The number of carbonyl (C=O) groups excluding carboxylic acids is 3. The van der Waals surface area contributed by atoms with Gasteiger partial charge in [-0.3, -0.25) is 14.4 Å². The molecular weight excluding hydrogens is 446 g/mol. The zero-order valence-electron chi connectivity index (χ0n) is 16.7. The Morgan fingerprint density at radius 1 is 1.07 bits per heavy atom. The number of halogens is 1. The Morgan fingerprint density at radius 2 is 1.77 bits per heavy atom. The van der Waals surface area contributed by atoms with Crippen LogP contribution in [0.5, 0.6) is 5.75 Å². The molecule has 2 fully saturated rings. The normalized spacial score (nSPS) is 29.5. The van der Waals surface area contributed by atoms with E-state index in [1.165, 1.54) is 0 Å². The molecule has 3 aliphatic rings. The highest BCUT2D eigenvalue weighted by Crippen LogP contribution is 2.78. The second-order valence-corrected chi connectivity index (χ2v) is 9.48. The third kappa shape index (κ3) is 2.43. The Balaban J connectivity index is 1.68. The number of hydrogen-bond acceptors (Lipinski definition) is 4. The minimum absolute atomic E-state index is 0.191. The van der Waals surface area contributed by atoms with Gasteiger partial charge in [-0.15, -0.1) is 0 Å². The van der Waals surface area contributed by atoms with E-state index in [-0.39, 0.29) is 11.7 Å². The van der Waals surface area contributed by atoms with Crippen LogP contribution in [0.15, 0.2) is 53.0 Å². The van der Waals surface area contributed by atoms with Crippen LogP contribution in [0.2, 0.25) is 0 Å². The van der Waals surface area contributed by atoms with Crippen LogP contribution in [-0.2, 0) is 9.59 Å². The number of ketones is 1. The molecule has 1 aliphatic carbocycles. The fraction of sp³-hybridized carbons (Fsp3) is 0.375. The second-order valence-electron chi connectivity index (χ2n) is 8.56. The summed E-state index contributed by atoms with van der Waals surface area (Å²) >= 11 is 3.48. The van der Waals surface area contributed by atoms with Gasteiger partial charge in [0.15, 0.2) is 11.2 Å². The summed E-state index contributed by atoms with van der Waals surface area (Å²) in [4.78, 5) is 42.7. The van der Waals surface area contributed by atoms with Gasteiger partial charge in [0.05, 0.1) is 5.41 Å². The maximum absolute atomic E-state index is 13.8. The van der Waals surface area contributed by atoms with Crippen LogP contribution in [0, 0.1) is 10.8 Å². The molecule has 1 saturated heterocycles. The fourth-order valence-corrected chi connectivity index (χ4v) is 5.87. The van der Waals surface area contributed by atoms with E-state index >= 15 is 0 Å². The SMILES string of the molecule is C[C@]1(C(=O)c2ccccc2)[C@H]2c3cc(Br)ccc3OC(=O)[C@@]21C(=O)N1CCCCC1. The molecule has 0 radical (unpaired) electrons. The quantitative estimate of drug-likeness (QED) is 0.291. The van der Waals surface area contributed by atoms with Crippen LogP contribution in [0.3, 0.4) is 0 Å². The highest BCUT2D eigenvalue weighted by molar-refractivity contribution is 9.10. The van der Waals surface area contributed by atoms with Crippen molar-refractivity contribution in [2.24, 2.45) is 10.8 Å². The number of nitrogens with zero attached hydrogens (tertiary/aromatic N) is 1. The summed E-state index contributed by atoms with van der Waals surface area (Å²) in [5.41, 5.74) is -1.46. The van der Waals surface area contributed by atoms with Gasteiger partial charge in [0.2, 0.25) is 5.91 Å². The number of Topliss-reactive ketones (excluding diaryl/α,β-unsaturated/α-hetero) is 1. The van der Waals surface area contributed by atoms with E-state index in [0.29, 0.717) is 24.4 Å². The molecule has 0 aromatic heterocycles. The number of hydrogen-bond donors (Lipinski definition) is 0. The van der Waals surface area contributed by atoms with Crippen molar-refractivity contribution in [3.05, 3.63) is 64.1 Å². The molecule has 2 heterocycles. The lowest BCUT2D eigenvalue weighted by atomic mass is 9.85. The topological polar surface area (TPSA) is 63.7 Å². The number of likely N-dealkylation sites (tertiary alicyclic amines) is 1. The highest BCUT2D eigenvalue weighted by atomic mass is 79.9. The molecule has 1 amide bonds. The summed E-state index contributed by atoms with van der Waals surface area (Å²) in [5, 5.41) is 0. The summed E-state index contributed by atoms with van der Waals surface area (Å²) in [6.45, 7) is 2.98. The third-order valence-electron chi connectivity index (χ3n) is 7.04. The summed E-state index contributed by atoms with van der Waals surface area (Å²) in [7, 11) is 0. The summed E-state index contributed by atoms with van der Waals surface area (Å²) in [5.74, 6) is -1.18. The number of benzene rings is 2. The van der Waals surface area contributed by atoms with E-state index in [1.807, 2.05) is 12.1 Å². The monoisotopic (exact) mass is 467 g/mol. The number of esters is 1. The van der Waals surface area contributed by atoms with Gasteiger partial charge >= 0.3 is 5.97 Å². The number of amides is 1. The lowest BCUT2D eigenvalue weighted by Crippen LogP contribution is -2.49. The van der Waals surface area contributed by atoms with Crippen LogP contribution < -0.4 is 4.74 Å². The first-order valence-electron chi connectivity index (χ1n) is 10.3. The third-order valence-corrected chi connectivity index (χ3v) is 7.54. The van der Waals surface area contributed by atoms with Crippen LogP contribution in [0.25, 0.3) is 0 Å². The van der Waals surface area contributed by atoms with Crippen molar-refractivity contribution in [1.82, 2.24) is 4.90 Å². The summed E-state index contributed by atoms with van der Waals surface area (Å²) in [6.07, 6.45) is 2.89. The first-order chi connectivity index (χ1) is 14.4. The maximum Gasteiger partial charge on any atom is 0.328 e. The first-order valence-corrected chi connectivity index (χ1v) is 11.1. The predicted molar refractivity (Wildman–Crippen MR) is 114 cm³/mol. The van der Waals surface area contributed by atoms with Gasteiger partial charge in [0.1, 0.15) is 5.75 Å². The molecule has 2 aliphatic heterocycles. The van der Waals surface area contributed by atoms with Gasteiger partial charge in [0, 0.05) is 34.6 Å². The van der Waals surface area contributed by atoms with Crippen LogP contribution in [-0.4, -0.2) is 35.6 Å². The smallest absolute Gasteiger partial charge is 0.328 e. The van der Waals surface area contributed by atoms with Crippen molar-refractivity contribution in [2.45, 2.75) is 32.1 Å². The average Bonchev–Trinajstić information content (AvgIpc) is 3.37. The van der Waals surface area contributed by atoms with Crippen LogP contribution in [0.1, 0.15) is 48.0 Å². The summed E-state index contributed by atoms with van der Waals surface area (Å²) in [6, 6.07) is 14.3. The average molecular weight is 468 g/mol. The second kappa shape index (κ2) is 6.77. The number of ether oxygens (including phenoxy) is 1. The van der Waals surface area contributed by atoms with Crippen molar-refractivity contribution >= 4 is 33.6 Å². The first kappa shape index (κ1) is 19.5. The van der Waals surface area contributed by atoms with Gasteiger partial charge in [-0.25, -0.2) is 0 Å². The molecule has 0 unspecified atom stereocenters. The van der Waals surface area contributed by atoms with Gasteiger partial charge < -0.3 is 9.64 Å². The number of fused-ring (bicyclic) bond motifs is 3. The lowest BCUT2D eigenvalue weighted by molar-refractivity contribution is -0.154.